The van der Waals surface area contributed by atoms with Gasteiger partial charge < -0.3 is 15.5 Å². The summed E-state index contributed by atoms with van der Waals surface area (Å²) in [6, 6.07) is -1.11. The molecule has 1 rings (SSSR count). The van der Waals surface area contributed by atoms with Gasteiger partial charge >= 0.3 is 11.9 Å². The lowest BCUT2D eigenvalue weighted by molar-refractivity contribution is -0.140. The minimum Gasteiger partial charge on any atom is -0.481 e. The van der Waals surface area contributed by atoms with Gasteiger partial charge in [0.15, 0.2) is 0 Å². The summed E-state index contributed by atoms with van der Waals surface area (Å²) >= 11 is 0. The van der Waals surface area contributed by atoms with Gasteiger partial charge in [-0.2, -0.15) is 5.10 Å². The van der Waals surface area contributed by atoms with E-state index in [1.807, 2.05) is 0 Å². The summed E-state index contributed by atoms with van der Waals surface area (Å²) in [5.41, 5.74) is 0.802. The molecule has 8 heteroatoms. The van der Waals surface area contributed by atoms with Crippen LogP contribution < -0.4 is 5.32 Å². The molecule has 0 spiro atoms. The third-order valence-electron chi connectivity index (χ3n) is 2.56. The van der Waals surface area contributed by atoms with Gasteiger partial charge in [0.25, 0.3) is 5.91 Å². The summed E-state index contributed by atoms with van der Waals surface area (Å²) in [4.78, 5) is 33.1. The molecule has 0 radical (unpaired) electrons. The molecule has 1 aromatic rings. The third-order valence-corrected chi connectivity index (χ3v) is 2.56. The van der Waals surface area contributed by atoms with Crippen LogP contribution in [0.1, 0.15) is 35.3 Å². The molecule has 1 heterocycles. The molecule has 0 unspecified atom stereocenters. The summed E-state index contributed by atoms with van der Waals surface area (Å²) in [7, 11) is 0. The van der Waals surface area contributed by atoms with Crippen LogP contribution in [0, 0.1) is 6.92 Å². The molecule has 0 fully saturated rings. The number of carboxylic acid groups (broad SMARTS) is 2. The first-order valence-corrected chi connectivity index (χ1v) is 5.67. The Morgan fingerprint density at radius 3 is 2.58 bits per heavy atom. The Morgan fingerprint density at radius 1 is 1.42 bits per heavy atom. The van der Waals surface area contributed by atoms with E-state index in [9.17, 15) is 14.4 Å². The maximum absolute atomic E-state index is 11.8. The zero-order valence-electron chi connectivity index (χ0n) is 10.3. The molecule has 0 aromatic carbocycles. The number of amides is 1. The van der Waals surface area contributed by atoms with Crippen LogP contribution in [0.4, 0.5) is 0 Å². The molecule has 104 valence electrons. The van der Waals surface area contributed by atoms with Crippen molar-refractivity contribution >= 4 is 17.8 Å². The van der Waals surface area contributed by atoms with Gasteiger partial charge in [0, 0.05) is 12.1 Å². The Hall–Kier alpha value is -2.38. The number of aromatic nitrogens is 2. The molecule has 1 atom stereocenters. The van der Waals surface area contributed by atoms with Gasteiger partial charge in [-0.3, -0.25) is 14.7 Å². The van der Waals surface area contributed by atoms with E-state index in [0.717, 1.165) is 0 Å². The molecule has 0 bridgehead atoms. The number of H-pyrrole nitrogens is 1. The maximum atomic E-state index is 11.8. The second-order valence-electron chi connectivity index (χ2n) is 4.06. The number of nitrogens with zero attached hydrogens (tertiary/aromatic N) is 1. The van der Waals surface area contributed by atoms with Crippen molar-refractivity contribution in [2.24, 2.45) is 0 Å². The molecule has 0 aliphatic carbocycles. The van der Waals surface area contributed by atoms with Gasteiger partial charge in [-0.1, -0.05) is 0 Å². The first kappa shape index (κ1) is 14.7. The van der Waals surface area contributed by atoms with Crippen molar-refractivity contribution in [1.29, 1.82) is 0 Å². The van der Waals surface area contributed by atoms with Gasteiger partial charge in [-0.15, -0.1) is 0 Å². The van der Waals surface area contributed by atoms with E-state index in [-0.39, 0.29) is 24.8 Å². The van der Waals surface area contributed by atoms with Crippen molar-refractivity contribution in [2.75, 3.05) is 0 Å². The number of hydrogen-bond acceptors (Lipinski definition) is 4. The number of rotatable bonds is 7. The first-order valence-electron chi connectivity index (χ1n) is 5.67. The number of hydrogen-bond donors (Lipinski definition) is 4. The predicted octanol–water partition coefficient (Wildman–Crippen LogP) is 0.156. The molecule has 4 N–H and O–H groups in total. The normalized spacial score (nSPS) is 11.8. The average Bonchev–Trinajstić information content (AvgIpc) is 2.73. The summed E-state index contributed by atoms with van der Waals surface area (Å²) in [6.07, 6.45) is 1.41. The van der Waals surface area contributed by atoms with Crippen LogP contribution in [-0.2, 0) is 9.59 Å². The van der Waals surface area contributed by atoms with Crippen LogP contribution in [0.2, 0.25) is 0 Å². The third kappa shape index (κ3) is 4.41. The van der Waals surface area contributed by atoms with Crippen LogP contribution in [-0.4, -0.2) is 44.3 Å². The van der Waals surface area contributed by atoms with Gasteiger partial charge in [0.2, 0.25) is 0 Å². The lowest BCUT2D eigenvalue weighted by Crippen LogP contribution is -2.40. The number of aryl methyl sites for hydroxylation is 1. The highest BCUT2D eigenvalue weighted by Gasteiger charge is 2.22. The van der Waals surface area contributed by atoms with Crippen molar-refractivity contribution in [3.63, 3.8) is 0 Å². The summed E-state index contributed by atoms with van der Waals surface area (Å²) in [5, 5.41) is 26.0. The van der Waals surface area contributed by atoms with Gasteiger partial charge in [-0.25, -0.2) is 4.79 Å². The van der Waals surface area contributed by atoms with Gasteiger partial charge in [-0.05, 0) is 19.8 Å². The number of aliphatic carboxylic acids is 2. The highest BCUT2D eigenvalue weighted by atomic mass is 16.4. The summed E-state index contributed by atoms with van der Waals surface area (Å²) in [5.74, 6) is -2.74. The minimum absolute atomic E-state index is 0.0598. The number of nitrogens with one attached hydrogen (secondary N) is 2. The minimum atomic E-state index is -1.19. The Balaban J connectivity index is 2.59. The topological polar surface area (TPSA) is 132 Å². The van der Waals surface area contributed by atoms with Crippen LogP contribution in [0.15, 0.2) is 6.20 Å². The largest absolute Gasteiger partial charge is 0.481 e. The van der Waals surface area contributed by atoms with Crippen LogP contribution in [0.5, 0.6) is 0 Å². The molecule has 1 aromatic heterocycles. The number of carboxylic acids is 2. The van der Waals surface area contributed by atoms with Crippen LogP contribution in [0.3, 0.4) is 0 Å². The number of aromatic amines is 1. The van der Waals surface area contributed by atoms with E-state index >= 15 is 0 Å². The van der Waals surface area contributed by atoms with E-state index < -0.39 is 23.9 Å². The summed E-state index contributed by atoms with van der Waals surface area (Å²) < 4.78 is 0. The van der Waals surface area contributed by atoms with Crippen LogP contribution >= 0.6 is 0 Å². The second kappa shape index (κ2) is 6.53. The van der Waals surface area contributed by atoms with E-state index in [2.05, 4.69) is 15.5 Å². The average molecular weight is 269 g/mol. The fourth-order valence-corrected chi connectivity index (χ4v) is 1.53. The molecule has 0 saturated carbocycles. The smallest absolute Gasteiger partial charge is 0.326 e. The van der Waals surface area contributed by atoms with E-state index in [1.54, 1.807) is 6.92 Å². The fourth-order valence-electron chi connectivity index (χ4n) is 1.53. The Labute approximate surface area is 108 Å². The Bertz CT molecular complexity index is 482. The predicted molar refractivity (Wildman–Crippen MR) is 63.7 cm³/mol. The molecule has 1 amide bonds. The van der Waals surface area contributed by atoms with Crippen molar-refractivity contribution in [3.8, 4) is 0 Å². The molecule has 8 nitrogen and oxygen atoms in total. The highest BCUT2D eigenvalue weighted by Crippen LogP contribution is 2.06. The lowest BCUT2D eigenvalue weighted by Gasteiger charge is -2.13. The zero-order chi connectivity index (χ0) is 14.4. The quantitative estimate of drug-likeness (QED) is 0.557. The zero-order valence-corrected chi connectivity index (χ0v) is 10.3. The molecular formula is C11H15N3O5. The fraction of sp³-hybridized carbons (Fsp3) is 0.455. The summed E-state index contributed by atoms with van der Waals surface area (Å²) in [6.45, 7) is 1.64. The molecule has 19 heavy (non-hydrogen) atoms. The Kier molecular flexibility index (Phi) is 5.04. The lowest BCUT2D eigenvalue weighted by atomic mass is 10.1. The van der Waals surface area contributed by atoms with E-state index in [0.29, 0.717) is 5.69 Å². The Morgan fingerprint density at radius 2 is 2.11 bits per heavy atom. The van der Waals surface area contributed by atoms with E-state index in [4.69, 9.17) is 10.2 Å². The second-order valence-corrected chi connectivity index (χ2v) is 4.06. The van der Waals surface area contributed by atoms with Crippen molar-refractivity contribution < 1.29 is 24.6 Å². The molecule has 0 aliphatic heterocycles. The van der Waals surface area contributed by atoms with Gasteiger partial charge in [0.1, 0.15) is 6.04 Å². The SMILES string of the molecule is Cc1[nH]ncc1C(=O)N[C@H](CCCC(=O)O)C(=O)O. The van der Waals surface area contributed by atoms with Crippen LogP contribution in [0.25, 0.3) is 0 Å². The molecular weight excluding hydrogens is 254 g/mol. The highest BCUT2D eigenvalue weighted by molar-refractivity contribution is 5.97. The standard InChI is InChI=1S/C11H15N3O5/c1-6-7(5-12-14-6)10(17)13-8(11(18)19)3-2-4-9(15)16/h5,8H,2-4H2,1H3,(H,12,14)(H,13,17)(H,15,16)(H,18,19)/t8-/m1/s1. The molecule has 0 aliphatic rings. The number of carbonyl (C=O) groups is 3. The van der Waals surface area contributed by atoms with Crippen molar-refractivity contribution in [1.82, 2.24) is 15.5 Å². The maximum Gasteiger partial charge on any atom is 0.326 e. The molecule has 0 saturated heterocycles. The van der Waals surface area contributed by atoms with E-state index in [1.165, 1.54) is 6.20 Å². The monoisotopic (exact) mass is 269 g/mol. The van der Waals surface area contributed by atoms with Crippen molar-refractivity contribution in [3.05, 3.63) is 17.5 Å². The first-order chi connectivity index (χ1) is 8.91. The van der Waals surface area contributed by atoms with Crippen molar-refractivity contribution in [2.45, 2.75) is 32.2 Å². The van der Waals surface area contributed by atoms with Gasteiger partial charge in [0.05, 0.1) is 11.8 Å². The number of carbonyl (C=O) groups excluding carboxylic acids is 1.